The van der Waals surface area contributed by atoms with Gasteiger partial charge >= 0.3 is 0 Å². The van der Waals surface area contributed by atoms with Gasteiger partial charge in [-0.15, -0.1) is 12.4 Å². The first-order valence-corrected chi connectivity index (χ1v) is 23.0. The van der Waals surface area contributed by atoms with Crippen LogP contribution in [0.5, 0.6) is 0 Å². The van der Waals surface area contributed by atoms with E-state index in [9.17, 15) is 86.8 Å². The van der Waals surface area contributed by atoms with E-state index in [0.29, 0.717) is 0 Å². The van der Waals surface area contributed by atoms with Crippen LogP contribution in [0.1, 0.15) is 0 Å². The van der Waals surface area contributed by atoms with Crippen LogP contribution in [0.3, 0.4) is 0 Å². The average molecular weight is 1090 g/mol. The maximum atomic E-state index is 11.8. The number of hydrogen-bond acceptors (Lipinski definition) is 32. The van der Waals surface area contributed by atoms with Crippen molar-refractivity contribution in [3.63, 3.8) is 0 Å². The normalized spacial score (nSPS) is 51.2. The Balaban J connectivity index is 0.00000869. The summed E-state index contributed by atoms with van der Waals surface area (Å²) in [5, 5.41) is 187. The van der Waals surface area contributed by atoms with Gasteiger partial charge in [0.25, 0.3) is 0 Å². The summed E-state index contributed by atoms with van der Waals surface area (Å²) in [6, 6.07) is 0. The largest absolute Gasteiger partial charge is 0.394 e. The van der Waals surface area contributed by atoms with Gasteiger partial charge in [-0.05, 0) is 0 Å². The fourth-order valence-corrected chi connectivity index (χ4v) is 9.46. The molecule has 22 fully saturated rings. The highest BCUT2D eigenvalue weighted by molar-refractivity contribution is 5.85. The van der Waals surface area contributed by atoms with Crippen LogP contribution in [0.15, 0.2) is 12.2 Å². The van der Waals surface area contributed by atoms with Crippen LogP contribution in [0, 0.1) is 0 Å². The minimum atomic E-state index is -2.15. The van der Waals surface area contributed by atoms with Gasteiger partial charge in [-0.25, -0.2) is 5.90 Å². The Morgan fingerprint density at radius 3 is 0.767 bits per heavy atom. The van der Waals surface area contributed by atoms with E-state index in [4.69, 9.17) is 67.5 Å². The Labute approximate surface area is 420 Å². The molecular formula is C40H68ClNO31. The van der Waals surface area contributed by atoms with E-state index in [1.807, 2.05) is 0 Å². The maximum absolute atomic E-state index is 11.8. The first-order chi connectivity index (χ1) is 34.5. The zero-order valence-corrected chi connectivity index (χ0v) is 39.3. The molecule has 0 aromatic carbocycles. The predicted molar refractivity (Wildman–Crippen MR) is 226 cm³/mol. The molecule has 33 heteroatoms. The lowest BCUT2D eigenvalue weighted by Gasteiger charge is -2.51. The lowest BCUT2D eigenvalue weighted by molar-refractivity contribution is -0.404. The van der Waals surface area contributed by atoms with E-state index in [2.05, 4.69) is 4.84 Å². The fourth-order valence-electron chi connectivity index (χ4n) is 9.46. The summed E-state index contributed by atoms with van der Waals surface area (Å²) in [7, 11) is 0. The second kappa shape index (κ2) is 27.1. The second-order valence-electron chi connectivity index (χ2n) is 18.0. The quantitative estimate of drug-likeness (QED) is 0.0675. The number of nitrogens with two attached hydrogens (primary N) is 1. The summed E-state index contributed by atoms with van der Waals surface area (Å²) in [5.41, 5.74) is 0. The highest BCUT2D eigenvalue weighted by Gasteiger charge is 2.59. The predicted octanol–water partition coefficient (Wildman–Crippen LogP) is -12.2. The lowest BCUT2D eigenvalue weighted by Crippen LogP contribution is -2.69. The molecule has 0 radical (unpaired) electrons. The molecule has 22 aliphatic rings. The first-order valence-electron chi connectivity index (χ1n) is 23.0. The highest BCUT2D eigenvalue weighted by atomic mass is 35.5. The monoisotopic (exact) mass is 1090 g/mol. The molecule has 0 unspecified atom stereocenters. The van der Waals surface area contributed by atoms with Crippen molar-refractivity contribution in [2.24, 2.45) is 5.90 Å². The van der Waals surface area contributed by atoms with Crippen molar-refractivity contribution >= 4 is 12.4 Å². The summed E-state index contributed by atoms with van der Waals surface area (Å²) < 4.78 is 75.2. The highest BCUT2D eigenvalue weighted by Crippen LogP contribution is 2.38. The van der Waals surface area contributed by atoms with E-state index < -0.39 is 224 Å². The Morgan fingerprint density at radius 2 is 0.521 bits per heavy atom. The Hall–Kier alpha value is -1.25. The van der Waals surface area contributed by atoms with Crippen LogP contribution >= 0.6 is 12.4 Å². The van der Waals surface area contributed by atoms with Gasteiger partial charge in [-0.2, -0.15) is 0 Å². The van der Waals surface area contributed by atoms with Crippen LogP contribution in [0.4, 0.5) is 0 Å². The van der Waals surface area contributed by atoms with Gasteiger partial charge in [0, 0.05) is 0 Å². The van der Waals surface area contributed by atoms with Crippen molar-refractivity contribution in [1.82, 2.24) is 0 Å². The van der Waals surface area contributed by atoms with Gasteiger partial charge in [-0.3, -0.25) is 0 Å². The standard InChI is InChI=1S/C40H67NO31.ClH/c41-60-4-2-1-3-59-34-27(58)40-66-16(10-47)33(34)72-39-26(57)21(52)31(14(8-45)65-39)70-37-24(55)19(50)29(12(6-43)63-37)68-35-22(53)17(48)28(11(5-42)61-35)67-36-23(54)18(49)30(13(7-44)62-36)69-38-25(56)20(51)32(71-40)15(9-46)64-38;/h1-2,11-40,42-58H,3-10,41H2;1H/b2-1+;/t11-,12-,13-,14-,15-,16-,17-,18-,19-,20-,21-,22-,23-,24-,25-,26-,27-,28-,29-,30-,31-,32-,33+,34-,35-,36-,37-,38-,39-,40-;/m1./s1. The molecule has 12 bridgehead atoms. The fraction of sp³-hybridized carbons (Fsp3) is 0.950. The lowest BCUT2D eigenvalue weighted by atomic mass is 9.94. The summed E-state index contributed by atoms with van der Waals surface area (Å²) >= 11 is 0. The van der Waals surface area contributed by atoms with Crippen molar-refractivity contribution in [1.29, 1.82) is 0 Å². The van der Waals surface area contributed by atoms with Crippen molar-refractivity contribution < 1.29 is 153 Å². The van der Waals surface area contributed by atoms with Crippen LogP contribution in [-0.4, -0.2) is 324 Å². The second-order valence-corrected chi connectivity index (χ2v) is 18.0. The molecule has 0 aromatic rings. The zero-order chi connectivity index (χ0) is 52.3. The van der Waals surface area contributed by atoms with Crippen LogP contribution in [-0.2, 0) is 66.4 Å². The zero-order valence-electron chi connectivity index (χ0n) is 38.4. The molecule has 0 spiro atoms. The minimum Gasteiger partial charge on any atom is -0.394 e. The topological polar surface area (TPSA) is 499 Å². The van der Waals surface area contributed by atoms with Crippen LogP contribution in [0.25, 0.3) is 0 Å². The van der Waals surface area contributed by atoms with Crippen molar-refractivity contribution in [3.8, 4) is 0 Å². The third-order valence-electron chi connectivity index (χ3n) is 13.4. The summed E-state index contributed by atoms with van der Waals surface area (Å²) in [5.74, 6) is 5.08. The SMILES string of the molecule is Cl.NOC/C=C/CO[C@@H]1[C@@H](O)[C@H]2O[C@H]3[C@H](O)[C@@H](O)[C@@H](O[C@H]4[C@H](O)[C@@H](O)[C@@H](O[C@H]5[C@H](O)[C@@H](O)[C@@H](O[C@H]6[C@H](O)[C@@H](O)[C@@H](O[C@H]7[C@H](O)[C@@H](O)[C@@H](O[C@H]1[C@@H](CO)O2)O[C@@H]7CO)O[C@@H]6CO)O[C@@H]5CO)O[C@@H]4CO)O[C@@H]3CO. The first kappa shape index (κ1) is 61.0. The molecule has 22 rings (SSSR count). The Morgan fingerprint density at radius 1 is 0.301 bits per heavy atom. The molecule has 73 heavy (non-hydrogen) atoms. The molecule has 22 heterocycles. The number of ether oxygens (including phenoxy) is 13. The molecule has 22 aliphatic heterocycles. The third kappa shape index (κ3) is 12.8. The molecule has 32 nitrogen and oxygen atoms in total. The molecule has 0 aliphatic carbocycles. The molecule has 19 N–H and O–H groups in total. The van der Waals surface area contributed by atoms with Gasteiger partial charge < -0.3 is 153 Å². The van der Waals surface area contributed by atoms with Gasteiger partial charge in [0.15, 0.2) is 37.7 Å². The van der Waals surface area contributed by atoms with E-state index in [0.717, 1.165) is 0 Å². The van der Waals surface area contributed by atoms with Gasteiger partial charge in [-0.1, -0.05) is 12.2 Å². The average Bonchev–Trinajstić information content (AvgIpc) is 3.37. The summed E-state index contributed by atoms with van der Waals surface area (Å²) in [6.07, 6.45) is -54.8. The van der Waals surface area contributed by atoms with E-state index in [-0.39, 0.29) is 25.6 Å². The van der Waals surface area contributed by atoms with Gasteiger partial charge in [0.2, 0.25) is 0 Å². The molecule has 30 atom stereocenters. The van der Waals surface area contributed by atoms with Crippen molar-refractivity contribution in [2.45, 2.75) is 184 Å². The summed E-state index contributed by atoms with van der Waals surface area (Å²) in [6.45, 7) is -6.37. The molecule has 0 amide bonds. The maximum Gasteiger partial charge on any atom is 0.187 e. The number of aliphatic hydroxyl groups excluding tert-OH is 17. The van der Waals surface area contributed by atoms with Crippen LogP contribution in [0.2, 0.25) is 0 Å². The Kier molecular flexibility index (Phi) is 22.6. The van der Waals surface area contributed by atoms with Crippen molar-refractivity contribution in [3.05, 3.63) is 12.2 Å². The smallest absolute Gasteiger partial charge is 0.187 e. The molecule has 0 saturated carbocycles. The number of aliphatic hydroxyl groups is 17. The molecule has 426 valence electrons. The van der Waals surface area contributed by atoms with E-state index in [1.165, 1.54) is 12.2 Å². The van der Waals surface area contributed by atoms with E-state index >= 15 is 0 Å². The Bertz CT molecular complexity index is 1680. The summed E-state index contributed by atoms with van der Waals surface area (Å²) in [4.78, 5) is 4.50. The number of rotatable bonds is 11. The van der Waals surface area contributed by atoms with Crippen LogP contribution < -0.4 is 5.90 Å². The third-order valence-corrected chi connectivity index (χ3v) is 13.4. The molecular weight excluding hydrogens is 1030 g/mol. The minimum absolute atomic E-state index is 0. The number of hydrogen-bond donors (Lipinski definition) is 18. The molecule has 0 aromatic heterocycles. The molecule has 22 saturated heterocycles. The van der Waals surface area contributed by atoms with E-state index in [1.54, 1.807) is 0 Å². The van der Waals surface area contributed by atoms with Gasteiger partial charge in [0.05, 0.1) is 52.9 Å². The van der Waals surface area contributed by atoms with Gasteiger partial charge in [0.1, 0.15) is 146 Å². The number of halogens is 1. The van der Waals surface area contributed by atoms with Crippen molar-refractivity contribution in [2.75, 3.05) is 52.9 Å².